The van der Waals surface area contributed by atoms with Gasteiger partial charge < -0.3 is 14.9 Å². The molecule has 0 saturated carbocycles. The molecule has 4 nitrogen and oxygen atoms in total. The monoisotopic (exact) mass is 210 g/mol. The summed E-state index contributed by atoms with van der Waals surface area (Å²) < 4.78 is 4.99. The van der Waals surface area contributed by atoms with Gasteiger partial charge in [-0.05, 0) is 37.1 Å². The van der Waals surface area contributed by atoms with E-state index in [4.69, 9.17) is 9.84 Å². The van der Waals surface area contributed by atoms with Crippen molar-refractivity contribution in [3.63, 3.8) is 0 Å². The quantitative estimate of drug-likeness (QED) is 0.789. The molecule has 0 saturated heterocycles. The molecule has 0 amide bonds. The van der Waals surface area contributed by atoms with E-state index in [1.165, 1.54) is 14.0 Å². The number of hydrogen-bond donors (Lipinski definition) is 2. The van der Waals surface area contributed by atoms with Gasteiger partial charge in [-0.2, -0.15) is 0 Å². The first-order valence-electron chi connectivity index (χ1n) is 4.50. The minimum absolute atomic E-state index is 0.371. The summed E-state index contributed by atoms with van der Waals surface area (Å²) in [6.07, 6.45) is 0. The molecule has 0 aliphatic heterocycles. The Hall–Kier alpha value is -1.55. The zero-order valence-electron chi connectivity index (χ0n) is 8.94. The Morgan fingerprint density at radius 3 is 2.47 bits per heavy atom. The number of methoxy groups -OCH3 is 1. The predicted molar refractivity (Wildman–Crippen MR) is 54.9 cm³/mol. The molecule has 0 aliphatic rings. The van der Waals surface area contributed by atoms with Crippen LogP contribution in [0.5, 0.6) is 5.75 Å². The number of carboxylic acid groups (broad SMARTS) is 1. The minimum atomic E-state index is -1.86. The Balaban J connectivity index is 3.22. The fourth-order valence-electron chi connectivity index (χ4n) is 1.42. The lowest BCUT2D eigenvalue weighted by Crippen LogP contribution is -2.32. The third-order valence-electron chi connectivity index (χ3n) is 2.37. The van der Waals surface area contributed by atoms with E-state index >= 15 is 0 Å². The topological polar surface area (TPSA) is 66.8 Å². The maximum atomic E-state index is 10.8. The van der Waals surface area contributed by atoms with Gasteiger partial charge in [0, 0.05) is 0 Å². The van der Waals surface area contributed by atoms with Gasteiger partial charge in [-0.25, -0.2) is 4.79 Å². The van der Waals surface area contributed by atoms with Crippen LogP contribution in [0.3, 0.4) is 0 Å². The normalized spacial score (nSPS) is 14.4. The summed E-state index contributed by atoms with van der Waals surface area (Å²) in [4.78, 5) is 10.8. The highest BCUT2D eigenvalue weighted by Gasteiger charge is 2.33. The number of carbonyl (C=O) groups is 1. The SMILES string of the molecule is COc1ccc(C(C)(O)C(=O)O)c(C)c1. The van der Waals surface area contributed by atoms with Crippen molar-refractivity contribution in [1.29, 1.82) is 0 Å². The Kier molecular flexibility index (Phi) is 3.00. The van der Waals surface area contributed by atoms with Crippen LogP contribution in [-0.4, -0.2) is 23.3 Å². The van der Waals surface area contributed by atoms with Crippen molar-refractivity contribution in [2.45, 2.75) is 19.4 Å². The van der Waals surface area contributed by atoms with Gasteiger partial charge in [0.15, 0.2) is 5.60 Å². The van der Waals surface area contributed by atoms with Crippen LogP contribution in [0.4, 0.5) is 0 Å². The number of benzene rings is 1. The van der Waals surface area contributed by atoms with Gasteiger partial charge in [-0.3, -0.25) is 0 Å². The number of aliphatic carboxylic acids is 1. The van der Waals surface area contributed by atoms with Gasteiger partial charge in [0.2, 0.25) is 0 Å². The van der Waals surface area contributed by atoms with Gasteiger partial charge in [-0.15, -0.1) is 0 Å². The first-order valence-corrected chi connectivity index (χ1v) is 4.50. The van der Waals surface area contributed by atoms with Gasteiger partial charge in [0.05, 0.1) is 7.11 Å². The number of aliphatic hydroxyl groups is 1. The molecule has 1 aromatic carbocycles. The summed E-state index contributed by atoms with van der Waals surface area (Å²) in [7, 11) is 1.53. The summed E-state index contributed by atoms with van der Waals surface area (Å²) in [6, 6.07) is 4.87. The van der Waals surface area contributed by atoms with E-state index < -0.39 is 11.6 Å². The van der Waals surface area contributed by atoms with Crippen molar-refractivity contribution in [2.75, 3.05) is 7.11 Å². The number of ether oxygens (including phenoxy) is 1. The van der Waals surface area contributed by atoms with Crippen molar-refractivity contribution in [3.05, 3.63) is 29.3 Å². The van der Waals surface area contributed by atoms with Gasteiger partial charge in [0.1, 0.15) is 5.75 Å². The van der Waals surface area contributed by atoms with Crippen LogP contribution in [0.1, 0.15) is 18.1 Å². The van der Waals surface area contributed by atoms with E-state index in [0.717, 1.165) is 0 Å². The minimum Gasteiger partial charge on any atom is -0.497 e. The third-order valence-corrected chi connectivity index (χ3v) is 2.37. The van der Waals surface area contributed by atoms with E-state index in [-0.39, 0.29) is 0 Å². The second-order valence-electron chi connectivity index (χ2n) is 3.56. The molecule has 1 aromatic rings. The lowest BCUT2D eigenvalue weighted by atomic mass is 9.92. The molecule has 0 bridgehead atoms. The molecular weight excluding hydrogens is 196 g/mol. The molecule has 1 rings (SSSR count). The molecule has 0 radical (unpaired) electrons. The van der Waals surface area contributed by atoms with Crippen LogP contribution in [0, 0.1) is 6.92 Å². The third kappa shape index (κ3) is 2.10. The van der Waals surface area contributed by atoms with Crippen molar-refractivity contribution >= 4 is 5.97 Å². The van der Waals surface area contributed by atoms with Crippen LogP contribution < -0.4 is 4.74 Å². The molecular formula is C11H14O4. The number of rotatable bonds is 3. The highest BCUT2D eigenvalue weighted by Crippen LogP contribution is 2.27. The zero-order chi connectivity index (χ0) is 11.6. The molecule has 2 N–H and O–H groups in total. The molecule has 0 aliphatic carbocycles. The maximum absolute atomic E-state index is 10.8. The van der Waals surface area contributed by atoms with Gasteiger partial charge >= 0.3 is 5.97 Å². The Morgan fingerprint density at radius 2 is 2.07 bits per heavy atom. The fraction of sp³-hybridized carbons (Fsp3) is 0.364. The Bertz CT molecular complexity index is 382. The van der Waals surface area contributed by atoms with Crippen LogP contribution >= 0.6 is 0 Å². The lowest BCUT2D eigenvalue weighted by Gasteiger charge is -2.20. The highest BCUT2D eigenvalue weighted by atomic mass is 16.5. The van der Waals surface area contributed by atoms with E-state index in [9.17, 15) is 9.90 Å². The van der Waals surface area contributed by atoms with Crippen LogP contribution in [0.25, 0.3) is 0 Å². The number of carboxylic acids is 1. The molecule has 0 aromatic heterocycles. The van der Waals surface area contributed by atoms with E-state index in [1.54, 1.807) is 25.1 Å². The molecule has 4 heteroatoms. The number of aryl methyl sites for hydroxylation is 1. The molecule has 0 spiro atoms. The van der Waals surface area contributed by atoms with Crippen molar-refractivity contribution in [3.8, 4) is 5.75 Å². The number of hydrogen-bond acceptors (Lipinski definition) is 3. The standard InChI is InChI=1S/C11H14O4/c1-7-6-8(15-3)4-5-9(7)11(2,14)10(12)13/h4-6,14H,1-3H3,(H,12,13). The van der Waals surface area contributed by atoms with Gasteiger partial charge in [0.25, 0.3) is 0 Å². The largest absolute Gasteiger partial charge is 0.497 e. The lowest BCUT2D eigenvalue weighted by molar-refractivity contribution is -0.157. The predicted octanol–water partition coefficient (Wildman–Crippen LogP) is 1.30. The highest BCUT2D eigenvalue weighted by molar-refractivity contribution is 5.79. The average Bonchev–Trinajstić information content (AvgIpc) is 2.16. The maximum Gasteiger partial charge on any atom is 0.340 e. The summed E-state index contributed by atoms with van der Waals surface area (Å²) >= 11 is 0. The van der Waals surface area contributed by atoms with Crippen molar-refractivity contribution in [2.24, 2.45) is 0 Å². The molecule has 1 unspecified atom stereocenters. The van der Waals surface area contributed by atoms with Crippen LogP contribution in [0.15, 0.2) is 18.2 Å². The molecule has 0 heterocycles. The summed E-state index contributed by atoms with van der Waals surface area (Å²) in [5.41, 5.74) is -0.811. The van der Waals surface area contributed by atoms with E-state index in [0.29, 0.717) is 16.9 Å². The smallest absolute Gasteiger partial charge is 0.340 e. The van der Waals surface area contributed by atoms with Crippen LogP contribution in [0.2, 0.25) is 0 Å². The zero-order valence-corrected chi connectivity index (χ0v) is 8.94. The Labute approximate surface area is 88.1 Å². The van der Waals surface area contributed by atoms with Crippen molar-refractivity contribution in [1.82, 2.24) is 0 Å². The van der Waals surface area contributed by atoms with E-state index in [1.807, 2.05) is 0 Å². The summed E-state index contributed by atoms with van der Waals surface area (Å²) in [6.45, 7) is 2.99. The molecule has 1 atom stereocenters. The second kappa shape index (κ2) is 3.90. The molecule has 15 heavy (non-hydrogen) atoms. The second-order valence-corrected chi connectivity index (χ2v) is 3.56. The molecule has 82 valence electrons. The van der Waals surface area contributed by atoms with Gasteiger partial charge in [-0.1, -0.05) is 6.07 Å². The van der Waals surface area contributed by atoms with Crippen molar-refractivity contribution < 1.29 is 19.7 Å². The fourth-order valence-corrected chi connectivity index (χ4v) is 1.42. The Morgan fingerprint density at radius 1 is 1.47 bits per heavy atom. The molecule has 0 fully saturated rings. The first kappa shape index (κ1) is 11.5. The summed E-state index contributed by atoms with van der Waals surface area (Å²) in [5, 5.41) is 18.6. The average molecular weight is 210 g/mol. The first-order chi connectivity index (χ1) is 6.89. The summed E-state index contributed by atoms with van der Waals surface area (Å²) in [5.74, 6) is -0.631. The van der Waals surface area contributed by atoms with E-state index in [2.05, 4.69) is 0 Å². The van der Waals surface area contributed by atoms with Crippen LogP contribution in [-0.2, 0) is 10.4 Å².